The average molecular weight is 317 g/mol. The monoisotopic (exact) mass is 317 g/mol. The minimum Gasteiger partial charge on any atom is -0.399 e. The first-order valence-corrected chi connectivity index (χ1v) is 8.68. The summed E-state index contributed by atoms with van der Waals surface area (Å²) in [6.07, 6.45) is 1.67. The van der Waals surface area contributed by atoms with E-state index >= 15 is 0 Å². The number of nitrogens with zero attached hydrogens (tertiary/aromatic N) is 1. The Balaban J connectivity index is 2.32. The first kappa shape index (κ1) is 15.1. The molecular formula is C11H15N3O4S2. The molecule has 0 saturated carbocycles. The predicted octanol–water partition coefficient (Wildman–Crippen LogP) is 1.35. The minimum absolute atomic E-state index is 0.175. The van der Waals surface area contributed by atoms with Gasteiger partial charge in [-0.3, -0.25) is 10.1 Å². The van der Waals surface area contributed by atoms with Gasteiger partial charge in [0, 0.05) is 23.5 Å². The Labute approximate surface area is 121 Å². The number of sulfonamides is 1. The third-order valence-corrected chi connectivity index (χ3v) is 5.72. The van der Waals surface area contributed by atoms with E-state index in [9.17, 15) is 18.5 Å². The number of benzene rings is 1. The molecule has 1 aromatic carbocycles. The van der Waals surface area contributed by atoms with Gasteiger partial charge in [0.25, 0.3) is 5.69 Å². The molecule has 1 aliphatic heterocycles. The Hall–Kier alpha value is -1.32. The van der Waals surface area contributed by atoms with Gasteiger partial charge in [-0.1, -0.05) is 0 Å². The predicted molar refractivity (Wildman–Crippen MR) is 78.2 cm³/mol. The Morgan fingerprint density at radius 3 is 2.80 bits per heavy atom. The molecule has 0 amide bonds. The van der Waals surface area contributed by atoms with Crippen molar-refractivity contribution in [3.8, 4) is 0 Å². The molecule has 1 fully saturated rings. The molecule has 1 unspecified atom stereocenters. The second-order valence-corrected chi connectivity index (χ2v) is 7.35. The van der Waals surface area contributed by atoms with E-state index in [0.717, 1.165) is 30.7 Å². The zero-order valence-electron chi connectivity index (χ0n) is 10.6. The lowest BCUT2D eigenvalue weighted by atomic mass is 10.2. The van der Waals surface area contributed by atoms with E-state index in [1.54, 1.807) is 11.8 Å². The Morgan fingerprint density at radius 1 is 1.45 bits per heavy atom. The van der Waals surface area contributed by atoms with Crippen molar-refractivity contribution in [1.29, 1.82) is 0 Å². The van der Waals surface area contributed by atoms with Crippen LogP contribution in [-0.2, 0) is 10.0 Å². The van der Waals surface area contributed by atoms with Gasteiger partial charge in [0.2, 0.25) is 10.0 Å². The summed E-state index contributed by atoms with van der Waals surface area (Å²) in [6.45, 7) is 0. The highest BCUT2D eigenvalue weighted by Crippen LogP contribution is 2.27. The molecule has 1 saturated heterocycles. The third-order valence-electron chi connectivity index (χ3n) is 2.95. The van der Waals surface area contributed by atoms with Crippen LogP contribution in [0.2, 0.25) is 0 Å². The fourth-order valence-electron chi connectivity index (χ4n) is 2.01. The van der Waals surface area contributed by atoms with Crippen LogP contribution in [0.1, 0.15) is 12.8 Å². The summed E-state index contributed by atoms with van der Waals surface area (Å²) in [5.74, 6) is 1.69. The van der Waals surface area contributed by atoms with Crippen molar-refractivity contribution in [3.05, 3.63) is 28.3 Å². The van der Waals surface area contributed by atoms with E-state index in [2.05, 4.69) is 4.72 Å². The molecule has 2 rings (SSSR count). The van der Waals surface area contributed by atoms with Gasteiger partial charge in [-0.25, -0.2) is 13.1 Å². The van der Waals surface area contributed by atoms with E-state index in [4.69, 9.17) is 5.73 Å². The van der Waals surface area contributed by atoms with Gasteiger partial charge in [0.05, 0.1) is 4.92 Å². The van der Waals surface area contributed by atoms with Gasteiger partial charge < -0.3 is 5.73 Å². The number of nitrogens with two attached hydrogens (primary N) is 1. The number of thioether (sulfide) groups is 1. The molecule has 0 aliphatic carbocycles. The van der Waals surface area contributed by atoms with Crippen LogP contribution in [0.4, 0.5) is 11.4 Å². The Bertz CT molecular complexity index is 612. The van der Waals surface area contributed by atoms with Gasteiger partial charge in [-0.2, -0.15) is 11.8 Å². The van der Waals surface area contributed by atoms with Crippen LogP contribution in [0.25, 0.3) is 0 Å². The third kappa shape index (κ3) is 3.41. The standard InChI is InChI=1S/C11H15N3O4S2/c12-8-3-4-10(14(15)16)11(6-8)20(17,18)13-9-2-1-5-19-7-9/h3-4,6,9,13H,1-2,5,7,12H2. The topological polar surface area (TPSA) is 115 Å². The summed E-state index contributed by atoms with van der Waals surface area (Å²) in [6, 6.07) is 3.35. The van der Waals surface area contributed by atoms with Crippen molar-refractivity contribution < 1.29 is 13.3 Å². The Morgan fingerprint density at radius 2 is 2.20 bits per heavy atom. The summed E-state index contributed by atoms with van der Waals surface area (Å²) in [5.41, 5.74) is 5.25. The van der Waals surface area contributed by atoms with Gasteiger partial charge in [0.1, 0.15) is 0 Å². The maximum atomic E-state index is 12.3. The molecule has 1 atom stereocenters. The zero-order chi connectivity index (χ0) is 14.8. The lowest BCUT2D eigenvalue weighted by molar-refractivity contribution is -0.387. The lowest BCUT2D eigenvalue weighted by Crippen LogP contribution is -2.38. The molecule has 3 N–H and O–H groups in total. The average Bonchev–Trinajstić information content (AvgIpc) is 2.39. The maximum absolute atomic E-state index is 12.3. The van der Waals surface area contributed by atoms with Crippen LogP contribution >= 0.6 is 11.8 Å². The molecule has 0 aromatic heterocycles. The SMILES string of the molecule is Nc1ccc([N+](=O)[O-])c(S(=O)(=O)NC2CCCSC2)c1. The fraction of sp³-hybridized carbons (Fsp3) is 0.455. The van der Waals surface area contributed by atoms with Crippen molar-refractivity contribution >= 4 is 33.2 Å². The second kappa shape index (κ2) is 5.98. The van der Waals surface area contributed by atoms with Crippen molar-refractivity contribution in [2.75, 3.05) is 17.2 Å². The molecule has 1 heterocycles. The van der Waals surface area contributed by atoms with Crippen LogP contribution in [0, 0.1) is 10.1 Å². The highest BCUT2D eigenvalue weighted by Gasteiger charge is 2.29. The summed E-state index contributed by atoms with van der Waals surface area (Å²) in [7, 11) is -3.94. The van der Waals surface area contributed by atoms with Crippen LogP contribution in [0.15, 0.2) is 23.1 Å². The number of hydrogen-bond acceptors (Lipinski definition) is 6. The molecule has 0 radical (unpaired) electrons. The van der Waals surface area contributed by atoms with Crippen molar-refractivity contribution in [2.45, 2.75) is 23.8 Å². The first-order chi connectivity index (χ1) is 9.40. The zero-order valence-corrected chi connectivity index (χ0v) is 12.2. The quantitative estimate of drug-likeness (QED) is 0.492. The van der Waals surface area contributed by atoms with Crippen LogP contribution in [0.5, 0.6) is 0 Å². The molecule has 1 aromatic rings. The summed E-state index contributed by atoms with van der Waals surface area (Å²) in [4.78, 5) is 9.84. The summed E-state index contributed by atoms with van der Waals surface area (Å²) >= 11 is 1.67. The van der Waals surface area contributed by atoms with Crippen molar-refractivity contribution in [1.82, 2.24) is 4.72 Å². The van der Waals surface area contributed by atoms with Gasteiger partial charge in [-0.15, -0.1) is 0 Å². The van der Waals surface area contributed by atoms with E-state index in [0.29, 0.717) is 5.75 Å². The highest BCUT2D eigenvalue weighted by molar-refractivity contribution is 7.99. The smallest absolute Gasteiger partial charge is 0.289 e. The molecule has 0 spiro atoms. The van der Waals surface area contributed by atoms with Gasteiger partial charge >= 0.3 is 0 Å². The molecule has 0 bridgehead atoms. The van der Waals surface area contributed by atoms with E-state index in [1.165, 1.54) is 6.07 Å². The summed E-state index contributed by atoms with van der Waals surface area (Å²) < 4.78 is 27.1. The molecule has 20 heavy (non-hydrogen) atoms. The second-order valence-electron chi connectivity index (χ2n) is 4.52. The van der Waals surface area contributed by atoms with Gasteiger partial charge in [-0.05, 0) is 30.7 Å². The molecule has 7 nitrogen and oxygen atoms in total. The van der Waals surface area contributed by atoms with Crippen LogP contribution in [-0.4, -0.2) is 30.9 Å². The molecular weight excluding hydrogens is 302 g/mol. The number of nitro groups is 1. The minimum atomic E-state index is -3.94. The van der Waals surface area contributed by atoms with E-state index in [-0.39, 0.29) is 16.6 Å². The number of hydrogen-bond donors (Lipinski definition) is 2. The number of nitro benzene ring substituents is 1. The number of anilines is 1. The van der Waals surface area contributed by atoms with Crippen LogP contribution in [0.3, 0.4) is 0 Å². The fourth-order valence-corrected chi connectivity index (χ4v) is 4.67. The first-order valence-electron chi connectivity index (χ1n) is 6.04. The normalized spacial score (nSPS) is 19.7. The number of nitrogens with one attached hydrogen (secondary N) is 1. The number of rotatable bonds is 4. The Kier molecular flexibility index (Phi) is 4.51. The van der Waals surface area contributed by atoms with E-state index in [1.807, 2.05) is 0 Å². The molecule has 9 heteroatoms. The van der Waals surface area contributed by atoms with E-state index < -0.39 is 20.6 Å². The highest BCUT2D eigenvalue weighted by atomic mass is 32.2. The molecule has 1 aliphatic rings. The van der Waals surface area contributed by atoms with Crippen molar-refractivity contribution in [3.63, 3.8) is 0 Å². The summed E-state index contributed by atoms with van der Waals surface area (Å²) in [5, 5.41) is 10.9. The van der Waals surface area contributed by atoms with Crippen molar-refractivity contribution in [2.24, 2.45) is 0 Å². The van der Waals surface area contributed by atoms with Crippen LogP contribution < -0.4 is 10.5 Å². The maximum Gasteiger partial charge on any atom is 0.289 e. The number of nitrogen functional groups attached to an aromatic ring is 1. The van der Waals surface area contributed by atoms with Gasteiger partial charge in [0.15, 0.2) is 4.90 Å². The molecule has 110 valence electrons. The lowest BCUT2D eigenvalue weighted by Gasteiger charge is -2.22. The largest absolute Gasteiger partial charge is 0.399 e.